The van der Waals surface area contributed by atoms with E-state index in [4.69, 9.17) is 4.74 Å². The van der Waals surface area contributed by atoms with Crippen molar-refractivity contribution in [2.45, 2.75) is 19.8 Å². The van der Waals surface area contributed by atoms with Gasteiger partial charge in [0.2, 0.25) is 5.91 Å². The maximum absolute atomic E-state index is 13.1. The number of hydrogen-bond donors (Lipinski definition) is 0. The fourth-order valence-electron chi connectivity index (χ4n) is 3.93. The van der Waals surface area contributed by atoms with Crippen molar-refractivity contribution in [2.24, 2.45) is 5.92 Å². The van der Waals surface area contributed by atoms with E-state index in [1.165, 1.54) is 0 Å². The molecule has 9 heteroatoms. The fourth-order valence-corrected chi connectivity index (χ4v) is 4.32. The average molecular weight is 462 g/mol. The minimum Gasteiger partial charge on any atom is -0.378 e. The van der Waals surface area contributed by atoms with Crippen molar-refractivity contribution in [1.82, 2.24) is 24.8 Å². The number of rotatable bonds is 3. The summed E-state index contributed by atoms with van der Waals surface area (Å²) < 4.78 is 7.93. The quantitative estimate of drug-likeness (QED) is 0.698. The molecule has 4 rings (SSSR count). The zero-order chi connectivity index (χ0) is 20.4. The summed E-state index contributed by atoms with van der Waals surface area (Å²) in [6.45, 7) is 5.33. The Kier molecular flexibility index (Phi) is 5.96. The van der Waals surface area contributed by atoms with Crippen LogP contribution < -0.4 is 0 Å². The number of aromatic nitrogens is 3. The molecule has 29 heavy (non-hydrogen) atoms. The number of halogens is 1. The summed E-state index contributed by atoms with van der Waals surface area (Å²) >= 11 is 3.45. The van der Waals surface area contributed by atoms with Crippen LogP contribution in [0, 0.1) is 12.8 Å². The minimum atomic E-state index is -0.164. The molecule has 2 amide bonds. The van der Waals surface area contributed by atoms with Crippen molar-refractivity contribution in [3.8, 4) is 5.69 Å². The number of piperidine rings is 1. The molecule has 2 aliphatic rings. The first-order valence-electron chi connectivity index (χ1n) is 9.88. The first-order chi connectivity index (χ1) is 14.0. The summed E-state index contributed by atoms with van der Waals surface area (Å²) in [4.78, 5) is 29.6. The molecule has 0 saturated carbocycles. The van der Waals surface area contributed by atoms with Crippen molar-refractivity contribution in [3.63, 3.8) is 0 Å². The molecule has 2 aliphatic heterocycles. The molecule has 0 aliphatic carbocycles. The number of benzene rings is 1. The van der Waals surface area contributed by atoms with Gasteiger partial charge in [0.1, 0.15) is 0 Å². The Bertz CT molecular complexity index is 909. The molecule has 0 spiro atoms. The molecule has 154 valence electrons. The fraction of sp³-hybridized carbons (Fsp3) is 0.500. The summed E-state index contributed by atoms with van der Waals surface area (Å²) in [5.74, 6) is -0.199. The molecular formula is C20H24BrN5O3. The van der Waals surface area contributed by atoms with Crippen LogP contribution in [0.25, 0.3) is 5.69 Å². The van der Waals surface area contributed by atoms with E-state index in [-0.39, 0.29) is 17.7 Å². The Labute approximate surface area is 177 Å². The van der Waals surface area contributed by atoms with Gasteiger partial charge >= 0.3 is 0 Å². The highest BCUT2D eigenvalue weighted by Crippen LogP contribution is 2.23. The number of amides is 2. The van der Waals surface area contributed by atoms with Crippen LogP contribution in [0.1, 0.15) is 29.0 Å². The number of carbonyl (C=O) groups is 2. The SMILES string of the molecule is Cc1c(C(=O)N2CCCC(C(=O)N3CCOCC3)C2)nnn1-c1cccc(Br)c1. The lowest BCUT2D eigenvalue weighted by atomic mass is 9.96. The molecule has 3 heterocycles. The van der Waals surface area contributed by atoms with E-state index in [1.54, 1.807) is 9.58 Å². The van der Waals surface area contributed by atoms with E-state index in [1.807, 2.05) is 36.1 Å². The Morgan fingerprint density at radius 2 is 1.97 bits per heavy atom. The Hall–Kier alpha value is -2.26. The molecule has 1 unspecified atom stereocenters. The molecule has 1 aromatic heterocycles. The van der Waals surface area contributed by atoms with Gasteiger partial charge in [-0.2, -0.15) is 0 Å². The van der Waals surface area contributed by atoms with Crippen LogP contribution in [0.15, 0.2) is 28.7 Å². The molecule has 1 atom stereocenters. The summed E-state index contributed by atoms with van der Waals surface area (Å²) in [6.07, 6.45) is 1.62. The van der Waals surface area contributed by atoms with E-state index in [9.17, 15) is 9.59 Å². The van der Waals surface area contributed by atoms with Gasteiger partial charge in [-0.05, 0) is 38.0 Å². The number of nitrogens with zero attached hydrogens (tertiary/aromatic N) is 5. The Morgan fingerprint density at radius 1 is 1.17 bits per heavy atom. The molecule has 0 radical (unpaired) electrons. The predicted molar refractivity (Wildman–Crippen MR) is 110 cm³/mol. The highest BCUT2D eigenvalue weighted by molar-refractivity contribution is 9.10. The third-order valence-corrected chi connectivity index (χ3v) is 6.02. The summed E-state index contributed by atoms with van der Waals surface area (Å²) in [6, 6.07) is 7.68. The van der Waals surface area contributed by atoms with Crippen LogP contribution in [-0.2, 0) is 9.53 Å². The Morgan fingerprint density at radius 3 is 2.72 bits per heavy atom. The largest absolute Gasteiger partial charge is 0.378 e. The lowest BCUT2D eigenvalue weighted by Gasteiger charge is -2.36. The molecule has 2 fully saturated rings. The molecule has 2 saturated heterocycles. The summed E-state index contributed by atoms with van der Waals surface area (Å²) in [7, 11) is 0. The highest BCUT2D eigenvalue weighted by atomic mass is 79.9. The smallest absolute Gasteiger partial charge is 0.276 e. The van der Waals surface area contributed by atoms with E-state index in [2.05, 4.69) is 26.2 Å². The predicted octanol–water partition coefficient (Wildman–Crippen LogP) is 2.05. The van der Waals surface area contributed by atoms with Crippen molar-refractivity contribution in [3.05, 3.63) is 40.1 Å². The van der Waals surface area contributed by atoms with Crippen molar-refractivity contribution in [1.29, 1.82) is 0 Å². The van der Waals surface area contributed by atoms with E-state index >= 15 is 0 Å². The minimum absolute atomic E-state index is 0.125. The third kappa shape index (κ3) is 4.20. The van der Waals surface area contributed by atoms with Gasteiger partial charge in [0.15, 0.2) is 5.69 Å². The molecule has 2 aromatic rings. The van der Waals surface area contributed by atoms with Gasteiger partial charge in [0.05, 0.1) is 30.5 Å². The van der Waals surface area contributed by atoms with Gasteiger partial charge in [-0.15, -0.1) is 5.10 Å². The molecule has 0 N–H and O–H groups in total. The van der Waals surface area contributed by atoms with Crippen LogP contribution in [0.5, 0.6) is 0 Å². The molecular weight excluding hydrogens is 438 g/mol. The number of hydrogen-bond acceptors (Lipinski definition) is 5. The topological polar surface area (TPSA) is 80.6 Å². The normalized spacial score (nSPS) is 20.0. The number of morpholine rings is 1. The standard InChI is InChI=1S/C20H24BrN5O3/c1-14-18(22-23-26(14)17-6-2-5-16(21)12-17)20(28)25-7-3-4-15(13-25)19(27)24-8-10-29-11-9-24/h2,5-6,12,15H,3-4,7-11,13H2,1H3. The van der Waals surface area contributed by atoms with Crippen molar-refractivity contribution in [2.75, 3.05) is 39.4 Å². The zero-order valence-electron chi connectivity index (χ0n) is 16.4. The number of carbonyl (C=O) groups excluding carboxylic acids is 2. The van der Waals surface area contributed by atoms with Gasteiger partial charge in [-0.3, -0.25) is 9.59 Å². The maximum atomic E-state index is 13.1. The molecule has 0 bridgehead atoms. The Balaban J connectivity index is 1.48. The second-order valence-corrected chi connectivity index (χ2v) is 8.36. The first-order valence-corrected chi connectivity index (χ1v) is 10.7. The van der Waals surface area contributed by atoms with Gasteiger partial charge in [-0.25, -0.2) is 4.68 Å². The van der Waals surface area contributed by atoms with E-state index in [0.717, 1.165) is 23.0 Å². The third-order valence-electron chi connectivity index (χ3n) is 5.53. The van der Waals surface area contributed by atoms with E-state index in [0.29, 0.717) is 50.8 Å². The van der Waals surface area contributed by atoms with Gasteiger partial charge in [0, 0.05) is 30.7 Å². The lowest BCUT2D eigenvalue weighted by Crippen LogP contribution is -2.49. The average Bonchev–Trinajstić information content (AvgIpc) is 3.14. The first kappa shape index (κ1) is 20.0. The number of ether oxygens (including phenoxy) is 1. The summed E-state index contributed by atoms with van der Waals surface area (Å²) in [5, 5.41) is 8.33. The van der Waals surface area contributed by atoms with Gasteiger partial charge < -0.3 is 14.5 Å². The van der Waals surface area contributed by atoms with Crippen LogP contribution in [0.4, 0.5) is 0 Å². The van der Waals surface area contributed by atoms with Gasteiger partial charge in [0.25, 0.3) is 5.91 Å². The second-order valence-electron chi connectivity index (χ2n) is 7.44. The lowest BCUT2D eigenvalue weighted by molar-refractivity contribution is -0.141. The molecule has 1 aromatic carbocycles. The van der Waals surface area contributed by atoms with Crippen molar-refractivity contribution < 1.29 is 14.3 Å². The zero-order valence-corrected chi connectivity index (χ0v) is 18.0. The van der Waals surface area contributed by atoms with Crippen LogP contribution in [0.3, 0.4) is 0 Å². The monoisotopic (exact) mass is 461 g/mol. The maximum Gasteiger partial charge on any atom is 0.276 e. The highest BCUT2D eigenvalue weighted by Gasteiger charge is 2.33. The van der Waals surface area contributed by atoms with Crippen LogP contribution >= 0.6 is 15.9 Å². The van der Waals surface area contributed by atoms with Crippen LogP contribution in [-0.4, -0.2) is 76.0 Å². The van der Waals surface area contributed by atoms with Crippen molar-refractivity contribution >= 4 is 27.7 Å². The second kappa shape index (κ2) is 8.62. The van der Waals surface area contributed by atoms with Crippen LogP contribution in [0.2, 0.25) is 0 Å². The van der Waals surface area contributed by atoms with E-state index < -0.39 is 0 Å². The molecule has 8 nitrogen and oxygen atoms in total. The summed E-state index contributed by atoms with van der Waals surface area (Å²) in [5.41, 5.74) is 1.86. The van der Waals surface area contributed by atoms with Gasteiger partial charge in [-0.1, -0.05) is 27.2 Å². The number of likely N-dealkylation sites (tertiary alicyclic amines) is 1.